The fourth-order valence-corrected chi connectivity index (χ4v) is 3.81. The smallest absolute Gasteiger partial charge is 0.214 e. The van der Waals surface area contributed by atoms with Crippen LogP contribution < -0.4 is 0 Å². The second-order valence-corrected chi connectivity index (χ2v) is 6.93. The van der Waals surface area contributed by atoms with Crippen LogP contribution in [0.1, 0.15) is 32.6 Å². The van der Waals surface area contributed by atoms with Crippen LogP contribution in [0.4, 0.5) is 0 Å². The zero-order chi connectivity index (χ0) is 13.4. The summed E-state index contributed by atoms with van der Waals surface area (Å²) < 4.78 is 31.1. The molecule has 1 aliphatic heterocycles. The molecular formula is C13H25NO3S. The van der Waals surface area contributed by atoms with Gasteiger partial charge in [0, 0.05) is 19.7 Å². The van der Waals surface area contributed by atoms with E-state index in [-0.39, 0.29) is 0 Å². The van der Waals surface area contributed by atoms with Gasteiger partial charge in [0.15, 0.2) is 0 Å². The lowest BCUT2D eigenvalue weighted by atomic mass is 9.99. The number of hydrogen-bond donors (Lipinski definition) is 0. The van der Waals surface area contributed by atoms with Gasteiger partial charge in [0.1, 0.15) is 0 Å². The highest BCUT2D eigenvalue weighted by atomic mass is 32.2. The molecule has 1 heterocycles. The van der Waals surface area contributed by atoms with E-state index in [2.05, 4.69) is 6.58 Å². The zero-order valence-corrected chi connectivity index (χ0v) is 12.1. The third-order valence-corrected chi connectivity index (χ3v) is 5.27. The fourth-order valence-electron chi connectivity index (χ4n) is 2.13. The first kappa shape index (κ1) is 15.7. The second kappa shape index (κ2) is 7.92. The van der Waals surface area contributed by atoms with Crippen molar-refractivity contribution in [1.29, 1.82) is 0 Å². The lowest BCUT2D eigenvalue weighted by Crippen LogP contribution is -2.40. The van der Waals surface area contributed by atoms with Gasteiger partial charge in [-0.25, -0.2) is 12.7 Å². The van der Waals surface area contributed by atoms with E-state index in [1.54, 1.807) is 10.4 Å². The number of ether oxygens (including phenoxy) is 1. The van der Waals surface area contributed by atoms with Gasteiger partial charge in [-0.05, 0) is 25.2 Å². The highest BCUT2D eigenvalue weighted by Crippen LogP contribution is 2.20. The number of nitrogens with zero attached hydrogens (tertiary/aromatic N) is 1. The molecule has 1 aliphatic rings. The van der Waals surface area contributed by atoms with Crippen LogP contribution in [0.2, 0.25) is 0 Å². The van der Waals surface area contributed by atoms with Crippen molar-refractivity contribution in [2.24, 2.45) is 5.92 Å². The molecule has 5 heteroatoms. The topological polar surface area (TPSA) is 46.6 Å². The summed E-state index contributed by atoms with van der Waals surface area (Å²) in [6.07, 6.45) is 5.23. The molecule has 0 aromatic rings. The SMILES string of the molecule is C=CCOCC1CCN(S(=O)(=O)CCCC)CC1. The molecule has 0 bridgehead atoms. The Balaban J connectivity index is 2.32. The van der Waals surface area contributed by atoms with E-state index in [4.69, 9.17) is 4.74 Å². The Bertz CT molecular complexity index is 332. The summed E-state index contributed by atoms with van der Waals surface area (Å²) in [6, 6.07) is 0. The summed E-state index contributed by atoms with van der Waals surface area (Å²) in [6.45, 7) is 8.21. The van der Waals surface area contributed by atoms with E-state index in [9.17, 15) is 8.42 Å². The van der Waals surface area contributed by atoms with Gasteiger partial charge in [-0.2, -0.15) is 0 Å². The highest BCUT2D eigenvalue weighted by molar-refractivity contribution is 7.89. The normalized spacial score (nSPS) is 18.9. The van der Waals surface area contributed by atoms with Crippen molar-refractivity contribution in [2.75, 3.05) is 32.1 Å². The van der Waals surface area contributed by atoms with E-state index in [1.807, 2.05) is 6.92 Å². The first-order valence-electron chi connectivity index (χ1n) is 6.76. The van der Waals surface area contributed by atoms with Crippen LogP contribution in [0.5, 0.6) is 0 Å². The van der Waals surface area contributed by atoms with Crippen molar-refractivity contribution in [3.05, 3.63) is 12.7 Å². The minimum absolute atomic E-state index is 0.293. The van der Waals surface area contributed by atoms with Crippen LogP contribution in [0.15, 0.2) is 12.7 Å². The maximum Gasteiger partial charge on any atom is 0.214 e. The van der Waals surface area contributed by atoms with Gasteiger partial charge in [0.25, 0.3) is 0 Å². The first-order valence-corrected chi connectivity index (χ1v) is 8.37. The molecule has 0 atom stereocenters. The summed E-state index contributed by atoms with van der Waals surface area (Å²) in [7, 11) is -3.02. The quantitative estimate of drug-likeness (QED) is 0.503. The lowest BCUT2D eigenvalue weighted by molar-refractivity contribution is 0.0982. The van der Waals surface area contributed by atoms with Gasteiger partial charge in [0.05, 0.1) is 12.4 Å². The summed E-state index contributed by atoms with van der Waals surface area (Å²) in [5.74, 6) is 0.781. The van der Waals surface area contributed by atoms with Crippen LogP contribution in [-0.2, 0) is 14.8 Å². The molecule has 1 rings (SSSR count). The maximum atomic E-state index is 12.0. The molecule has 4 nitrogen and oxygen atoms in total. The standard InChI is InChI=1S/C13H25NO3S/c1-3-5-11-18(15,16)14-8-6-13(7-9-14)12-17-10-4-2/h4,13H,2-3,5-12H2,1H3. The summed E-state index contributed by atoms with van der Waals surface area (Å²) in [5.41, 5.74) is 0. The molecule has 0 N–H and O–H groups in total. The van der Waals surface area contributed by atoms with Crippen LogP contribution in [-0.4, -0.2) is 44.8 Å². The molecule has 18 heavy (non-hydrogen) atoms. The largest absolute Gasteiger partial charge is 0.377 e. The number of unbranched alkanes of at least 4 members (excludes halogenated alkanes) is 1. The van der Waals surface area contributed by atoms with Crippen molar-refractivity contribution >= 4 is 10.0 Å². The van der Waals surface area contributed by atoms with Crippen LogP contribution in [0, 0.1) is 5.92 Å². The molecule has 0 spiro atoms. The molecule has 0 amide bonds. The van der Waals surface area contributed by atoms with Crippen molar-refractivity contribution in [1.82, 2.24) is 4.31 Å². The van der Waals surface area contributed by atoms with Crippen molar-refractivity contribution < 1.29 is 13.2 Å². The van der Waals surface area contributed by atoms with E-state index in [0.717, 1.165) is 32.3 Å². The number of piperidine rings is 1. The van der Waals surface area contributed by atoms with E-state index >= 15 is 0 Å². The van der Waals surface area contributed by atoms with Gasteiger partial charge in [-0.1, -0.05) is 19.4 Å². The molecule has 0 unspecified atom stereocenters. The van der Waals surface area contributed by atoms with Crippen molar-refractivity contribution in [3.8, 4) is 0 Å². The van der Waals surface area contributed by atoms with Crippen LogP contribution >= 0.6 is 0 Å². The van der Waals surface area contributed by atoms with Gasteiger partial charge in [0.2, 0.25) is 10.0 Å². The average Bonchev–Trinajstić information content (AvgIpc) is 2.37. The van der Waals surface area contributed by atoms with Crippen molar-refractivity contribution in [3.63, 3.8) is 0 Å². The minimum Gasteiger partial charge on any atom is -0.377 e. The maximum absolute atomic E-state index is 12.0. The molecule has 106 valence electrons. The Morgan fingerprint density at radius 1 is 1.39 bits per heavy atom. The number of sulfonamides is 1. The van der Waals surface area contributed by atoms with Gasteiger partial charge >= 0.3 is 0 Å². The van der Waals surface area contributed by atoms with E-state index in [1.165, 1.54) is 0 Å². The third kappa shape index (κ3) is 5.08. The first-order chi connectivity index (χ1) is 8.60. The molecule has 0 aliphatic carbocycles. The van der Waals surface area contributed by atoms with Gasteiger partial charge < -0.3 is 4.74 Å². The van der Waals surface area contributed by atoms with Gasteiger partial charge in [-0.15, -0.1) is 6.58 Å². The molecule has 0 aromatic carbocycles. The number of rotatable bonds is 8. The molecule has 0 aromatic heterocycles. The molecule has 0 saturated carbocycles. The highest BCUT2D eigenvalue weighted by Gasteiger charge is 2.27. The van der Waals surface area contributed by atoms with Gasteiger partial charge in [-0.3, -0.25) is 0 Å². The predicted molar refractivity (Wildman–Crippen MR) is 74.0 cm³/mol. The monoisotopic (exact) mass is 275 g/mol. The van der Waals surface area contributed by atoms with Crippen molar-refractivity contribution in [2.45, 2.75) is 32.6 Å². The predicted octanol–water partition coefficient (Wildman–Crippen LogP) is 2.03. The molecule has 0 radical (unpaired) electrons. The number of hydrogen-bond acceptors (Lipinski definition) is 3. The lowest BCUT2D eigenvalue weighted by Gasteiger charge is -2.31. The Labute approximate surface area is 111 Å². The minimum atomic E-state index is -3.02. The Kier molecular flexibility index (Phi) is 6.89. The molecular weight excluding hydrogens is 250 g/mol. The molecule has 1 fully saturated rings. The molecule has 1 saturated heterocycles. The fraction of sp³-hybridized carbons (Fsp3) is 0.846. The van der Waals surface area contributed by atoms with Crippen LogP contribution in [0.3, 0.4) is 0 Å². The summed E-state index contributed by atoms with van der Waals surface area (Å²) >= 11 is 0. The summed E-state index contributed by atoms with van der Waals surface area (Å²) in [4.78, 5) is 0. The van der Waals surface area contributed by atoms with E-state index < -0.39 is 10.0 Å². The Morgan fingerprint density at radius 3 is 2.61 bits per heavy atom. The Morgan fingerprint density at radius 2 is 2.06 bits per heavy atom. The zero-order valence-electron chi connectivity index (χ0n) is 11.3. The summed E-state index contributed by atoms with van der Waals surface area (Å²) in [5, 5.41) is 0. The average molecular weight is 275 g/mol. The Hall–Kier alpha value is -0.390. The van der Waals surface area contributed by atoms with E-state index in [0.29, 0.717) is 31.4 Å². The second-order valence-electron chi connectivity index (χ2n) is 4.84. The third-order valence-electron chi connectivity index (χ3n) is 3.31. The van der Waals surface area contributed by atoms with Crippen LogP contribution in [0.25, 0.3) is 0 Å².